The van der Waals surface area contributed by atoms with E-state index in [9.17, 15) is 0 Å². The Hall–Kier alpha value is -1.68. The van der Waals surface area contributed by atoms with Gasteiger partial charge in [0.25, 0.3) is 0 Å². The Morgan fingerprint density at radius 3 is 2.89 bits per heavy atom. The molecule has 0 atom stereocenters. The third kappa shape index (κ3) is 3.17. The molecule has 1 aromatic carbocycles. The largest absolute Gasteiger partial charge is 0.399 e. The van der Waals surface area contributed by atoms with Crippen LogP contribution in [-0.4, -0.2) is 12.0 Å². The van der Waals surface area contributed by atoms with E-state index < -0.39 is 0 Å². The molecule has 94 valence electrons. The first-order chi connectivity index (χ1) is 8.69. The number of nitrogen functional groups attached to an aromatic ring is 1. The number of nitrogens with one attached hydrogen (secondary N) is 1. The van der Waals surface area contributed by atoms with Gasteiger partial charge in [0, 0.05) is 35.8 Å². The second-order valence-corrected chi connectivity index (χ2v) is 5.18. The van der Waals surface area contributed by atoms with Crippen LogP contribution in [-0.2, 0) is 5.75 Å². The SMILES string of the molecule is CNc1ccncc1SCc1cc(C)cc(N)c1. The van der Waals surface area contributed by atoms with Crippen LogP contribution in [0.2, 0.25) is 0 Å². The zero-order chi connectivity index (χ0) is 13.0. The van der Waals surface area contributed by atoms with Crippen molar-refractivity contribution in [3.63, 3.8) is 0 Å². The zero-order valence-electron chi connectivity index (χ0n) is 10.6. The molecule has 0 aliphatic heterocycles. The quantitative estimate of drug-likeness (QED) is 0.653. The highest BCUT2D eigenvalue weighted by molar-refractivity contribution is 7.98. The normalized spacial score (nSPS) is 10.3. The van der Waals surface area contributed by atoms with Gasteiger partial charge >= 0.3 is 0 Å². The van der Waals surface area contributed by atoms with Crippen molar-refractivity contribution in [1.29, 1.82) is 0 Å². The van der Waals surface area contributed by atoms with E-state index in [2.05, 4.69) is 23.3 Å². The average Bonchev–Trinajstić information content (AvgIpc) is 2.35. The van der Waals surface area contributed by atoms with Gasteiger partial charge in [0.1, 0.15) is 0 Å². The van der Waals surface area contributed by atoms with Gasteiger partial charge in [-0.3, -0.25) is 4.98 Å². The molecule has 2 aromatic rings. The van der Waals surface area contributed by atoms with E-state index in [0.717, 1.165) is 22.0 Å². The lowest BCUT2D eigenvalue weighted by molar-refractivity contribution is 1.22. The maximum Gasteiger partial charge on any atom is 0.0507 e. The summed E-state index contributed by atoms with van der Waals surface area (Å²) in [6, 6.07) is 8.15. The van der Waals surface area contributed by atoms with E-state index >= 15 is 0 Å². The minimum atomic E-state index is 0.825. The fourth-order valence-corrected chi connectivity index (χ4v) is 2.79. The Labute approximate surface area is 112 Å². The van der Waals surface area contributed by atoms with Gasteiger partial charge in [-0.25, -0.2) is 0 Å². The molecule has 0 fully saturated rings. The first kappa shape index (κ1) is 12.8. The van der Waals surface area contributed by atoms with Gasteiger partial charge in [-0.15, -0.1) is 11.8 Å². The lowest BCUT2D eigenvalue weighted by Crippen LogP contribution is -1.93. The smallest absolute Gasteiger partial charge is 0.0507 e. The number of pyridine rings is 1. The van der Waals surface area contributed by atoms with Crippen molar-refractivity contribution in [2.24, 2.45) is 0 Å². The minimum Gasteiger partial charge on any atom is -0.399 e. The second-order valence-electron chi connectivity index (χ2n) is 4.16. The van der Waals surface area contributed by atoms with Gasteiger partial charge in [0.05, 0.1) is 5.69 Å². The molecule has 0 spiro atoms. The average molecular weight is 259 g/mol. The molecule has 0 saturated carbocycles. The predicted octanol–water partition coefficient (Wildman–Crippen LogP) is 3.31. The predicted molar refractivity (Wildman–Crippen MR) is 78.9 cm³/mol. The summed E-state index contributed by atoms with van der Waals surface area (Å²) in [6.45, 7) is 2.06. The van der Waals surface area contributed by atoms with E-state index in [-0.39, 0.29) is 0 Å². The number of nitrogens with two attached hydrogens (primary N) is 1. The summed E-state index contributed by atoms with van der Waals surface area (Å²) in [4.78, 5) is 5.31. The van der Waals surface area contributed by atoms with Crippen LogP contribution >= 0.6 is 11.8 Å². The lowest BCUT2D eigenvalue weighted by Gasteiger charge is -2.08. The van der Waals surface area contributed by atoms with Gasteiger partial charge in [0.15, 0.2) is 0 Å². The van der Waals surface area contributed by atoms with E-state index in [1.54, 1.807) is 18.0 Å². The summed E-state index contributed by atoms with van der Waals surface area (Å²) in [5.41, 5.74) is 10.2. The van der Waals surface area contributed by atoms with Gasteiger partial charge in [-0.1, -0.05) is 6.07 Å². The summed E-state index contributed by atoms with van der Waals surface area (Å²) in [5.74, 6) is 0.895. The molecule has 2 rings (SSSR count). The third-order valence-electron chi connectivity index (χ3n) is 2.61. The van der Waals surface area contributed by atoms with E-state index in [1.807, 2.05) is 31.4 Å². The van der Waals surface area contributed by atoms with Crippen LogP contribution in [0, 0.1) is 6.92 Å². The molecule has 3 nitrogen and oxygen atoms in total. The third-order valence-corrected chi connectivity index (χ3v) is 3.72. The number of anilines is 2. The van der Waals surface area contributed by atoms with Crippen LogP contribution in [0.25, 0.3) is 0 Å². The van der Waals surface area contributed by atoms with Crippen molar-refractivity contribution in [2.75, 3.05) is 18.1 Å². The van der Waals surface area contributed by atoms with E-state index in [0.29, 0.717) is 0 Å². The van der Waals surface area contributed by atoms with Crippen LogP contribution in [0.4, 0.5) is 11.4 Å². The number of rotatable bonds is 4. The van der Waals surface area contributed by atoms with Crippen LogP contribution in [0.3, 0.4) is 0 Å². The van der Waals surface area contributed by atoms with Crippen molar-refractivity contribution >= 4 is 23.1 Å². The first-order valence-electron chi connectivity index (χ1n) is 5.79. The summed E-state index contributed by atoms with van der Waals surface area (Å²) in [5, 5.41) is 3.17. The maximum atomic E-state index is 5.85. The number of aromatic nitrogens is 1. The number of hydrogen-bond acceptors (Lipinski definition) is 4. The molecule has 3 N–H and O–H groups in total. The van der Waals surface area contributed by atoms with Crippen LogP contribution in [0.1, 0.15) is 11.1 Å². The highest BCUT2D eigenvalue weighted by Crippen LogP contribution is 2.29. The first-order valence-corrected chi connectivity index (χ1v) is 6.78. The molecule has 0 bridgehead atoms. The summed E-state index contributed by atoms with van der Waals surface area (Å²) >= 11 is 1.76. The van der Waals surface area contributed by atoms with Crippen molar-refractivity contribution in [1.82, 2.24) is 4.98 Å². The Bertz CT molecular complexity index is 520. The van der Waals surface area contributed by atoms with Crippen molar-refractivity contribution in [2.45, 2.75) is 17.6 Å². The molecule has 0 unspecified atom stereocenters. The molecule has 0 aliphatic carbocycles. The number of hydrogen-bond donors (Lipinski definition) is 2. The Kier molecular flexibility index (Phi) is 4.10. The standard InChI is InChI=1S/C14H17N3S/c1-10-5-11(7-12(15)6-10)9-18-14-8-17-4-3-13(14)16-2/h3-8H,9,15H2,1-2H3,(H,16,17). The van der Waals surface area contributed by atoms with Crippen molar-refractivity contribution in [3.8, 4) is 0 Å². The highest BCUT2D eigenvalue weighted by Gasteiger charge is 2.03. The fraction of sp³-hybridized carbons (Fsp3) is 0.214. The van der Waals surface area contributed by atoms with E-state index in [4.69, 9.17) is 5.73 Å². The zero-order valence-corrected chi connectivity index (χ0v) is 11.4. The molecule has 18 heavy (non-hydrogen) atoms. The van der Waals surface area contributed by atoms with Crippen LogP contribution in [0.5, 0.6) is 0 Å². The minimum absolute atomic E-state index is 0.825. The fourth-order valence-electron chi connectivity index (χ4n) is 1.84. The molecule has 1 heterocycles. The maximum absolute atomic E-state index is 5.85. The monoisotopic (exact) mass is 259 g/mol. The second kappa shape index (κ2) is 5.78. The number of aryl methyl sites for hydroxylation is 1. The molecule has 4 heteroatoms. The summed E-state index contributed by atoms with van der Waals surface area (Å²) < 4.78 is 0. The Morgan fingerprint density at radius 2 is 2.17 bits per heavy atom. The molecule has 0 aliphatic rings. The molecule has 0 radical (unpaired) electrons. The van der Waals surface area contributed by atoms with Gasteiger partial charge < -0.3 is 11.1 Å². The van der Waals surface area contributed by atoms with Crippen LogP contribution < -0.4 is 11.1 Å². The van der Waals surface area contributed by atoms with E-state index in [1.165, 1.54) is 11.1 Å². The topological polar surface area (TPSA) is 50.9 Å². The summed E-state index contributed by atoms with van der Waals surface area (Å²) in [6.07, 6.45) is 3.68. The Balaban J connectivity index is 2.11. The molecular weight excluding hydrogens is 242 g/mol. The van der Waals surface area contributed by atoms with Gasteiger partial charge in [-0.2, -0.15) is 0 Å². The highest BCUT2D eigenvalue weighted by atomic mass is 32.2. The number of nitrogens with zero attached hydrogens (tertiary/aromatic N) is 1. The van der Waals surface area contributed by atoms with Crippen molar-refractivity contribution in [3.05, 3.63) is 47.8 Å². The van der Waals surface area contributed by atoms with Crippen molar-refractivity contribution < 1.29 is 0 Å². The summed E-state index contributed by atoms with van der Waals surface area (Å²) in [7, 11) is 1.92. The van der Waals surface area contributed by atoms with Gasteiger partial charge in [-0.05, 0) is 36.2 Å². The lowest BCUT2D eigenvalue weighted by atomic mass is 10.1. The number of benzene rings is 1. The van der Waals surface area contributed by atoms with Crippen LogP contribution in [0.15, 0.2) is 41.6 Å². The van der Waals surface area contributed by atoms with Gasteiger partial charge in [0.2, 0.25) is 0 Å². The Morgan fingerprint density at radius 1 is 1.33 bits per heavy atom. The molecular formula is C14H17N3S. The molecule has 0 amide bonds. The molecule has 0 saturated heterocycles. The molecule has 1 aromatic heterocycles. The number of thioether (sulfide) groups is 1.